The molecule has 2 unspecified atom stereocenters. The van der Waals surface area contributed by atoms with Crippen molar-refractivity contribution in [3.63, 3.8) is 0 Å². The highest BCUT2D eigenvalue weighted by atomic mass is 19.4. The van der Waals surface area contributed by atoms with E-state index in [0.717, 1.165) is 38.2 Å². The summed E-state index contributed by atoms with van der Waals surface area (Å²) in [5.74, 6) is 0.140. The van der Waals surface area contributed by atoms with Crippen LogP contribution in [0.2, 0.25) is 0 Å². The van der Waals surface area contributed by atoms with Gasteiger partial charge in [-0.25, -0.2) is 4.79 Å². The van der Waals surface area contributed by atoms with Crippen molar-refractivity contribution in [1.82, 2.24) is 19.7 Å². The molecule has 1 saturated carbocycles. The number of nitrogens with zero attached hydrogens (tertiary/aromatic N) is 4. The summed E-state index contributed by atoms with van der Waals surface area (Å²) in [6.45, 7) is 12.4. The number of pyridine rings is 1. The maximum Gasteiger partial charge on any atom is 0.417 e. The number of ether oxygens (including phenoxy) is 1. The Morgan fingerprint density at radius 2 is 1.89 bits per heavy atom. The standard InChI is InChI=1S/C27H39F3N4O3/c1-6-37-25(36)34-18(4)14-33(15-19(34)5)22-7-9-26(12-22,17(2)3)24(35)32-10-8-23-20(16-32)11-21(13-31-23)27(28,29)30/h11,13,17-19,22H,6-10,12,14-16H2,1-5H3/t18?,19?,22-,26+/m1/s1. The van der Waals surface area contributed by atoms with E-state index >= 15 is 0 Å². The number of carbonyl (C=O) groups is 2. The molecule has 206 valence electrons. The number of piperazine rings is 1. The molecule has 7 nitrogen and oxygen atoms in total. The molecule has 4 rings (SSSR count). The highest BCUT2D eigenvalue weighted by Crippen LogP contribution is 2.48. The van der Waals surface area contributed by atoms with Crippen molar-refractivity contribution >= 4 is 12.0 Å². The Kier molecular flexibility index (Phi) is 7.79. The lowest BCUT2D eigenvalue weighted by Gasteiger charge is -2.46. The Labute approximate surface area is 217 Å². The van der Waals surface area contributed by atoms with E-state index in [1.807, 2.05) is 18.7 Å². The molecule has 0 spiro atoms. The molecule has 3 aliphatic rings. The van der Waals surface area contributed by atoms with Gasteiger partial charge in [0.15, 0.2) is 0 Å². The third kappa shape index (κ3) is 5.31. The second-order valence-corrected chi connectivity index (χ2v) is 11.3. The first-order valence-electron chi connectivity index (χ1n) is 13.4. The monoisotopic (exact) mass is 524 g/mol. The van der Waals surface area contributed by atoms with Crippen molar-refractivity contribution in [3.05, 3.63) is 29.1 Å². The van der Waals surface area contributed by atoms with Crippen molar-refractivity contribution in [2.45, 2.75) is 91.1 Å². The Morgan fingerprint density at radius 1 is 1.22 bits per heavy atom. The van der Waals surface area contributed by atoms with Gasteiger partial charge in [-0.3, -0.25) is 14.7 Å². The normalized spacial score (nSPS) is 28.9. The number of hydrogen-bond acceptors (Lipinski definition) is 5. The average molecular weight is 525 g/mol. The van der Waals surface area contributed by atoms with Crippen LogP contribution in [0.4, 0.5) is 18.0 Å². The number of rotatable bonds is 4. The summed E-state index contributed by atoms with van der Waals surface area (Å²) in [5, 5.41) is 0. The molecule has 2 fully saturated rings. The number of aromatic nitrogens is 1. The Balaban J connectivity index is 1.48. The first kappa shape index (κ1) is 27.7. The molecular formula is C27H39F3N4O3. The first-order chi connectivity index (χ1) is 17.4. The number of alkyl halides is 3. The maximum atomic E-state index is 14.0. The quantitative estimate of drug-likeness (QED) is 0.570. The summed E-state index contributed by atoms with van der Waals surface area (Å²) in [6, 6.07) is 1.37. The van der Waals surface area contributed by atoms with Crippen molar-refractivity contribution in [3.8, 4) is 0 Å². The lowest BCUT2D eigenvalue weighted by atomic mass is 9.73. The van der Waals surface area contributed by atoms with Crippen LogP contribution in [-0.4, -0.2) is 76.1 Å². The zero-order valence-corrected chi connectivity index (χ0v) is 22.5. The predicted molar refractivity (Wildman–Crippen MR) is 133 cm³/mol. The molecule has 0 radical (unpaired) electrons. The van der Waals surface area contributed by atoms with Crippen LogP contribution in [0.5, 0.6) is 0 Å². The van der Waals surface area contributed by atoms with Crippen LogP contribution in [0, 0.1) is 11.3 Å². The predicted octanol–water partition coefficient (Wildman–Crippen LogP) is 4.73. The van der Waals surface area contributed by atoms with Gasteiger partial charge in [0, 0.05) is 62.6 Å². The van der Waals surface area contributed by atoms with Gasteiger partial charge >= 0.3 is 12.3 Å². The van der Waals surface area contributed by atoms with Gasteiger partial charge in [0.05, 0.1) is 17.6 Å². The molecule has 3 heterocycles. The lowest BCUT2D eigenvalue weighted by Crippen LogP contribution is -2.60. The third-order valence-electron chi connectivity index (χ3n) is 8.65. The van der Waals surface area contributed by atoms with Crippen LogP contribution < -0.4 is 0 Å². The fourth-order valence-electron chi connectivity index (χ4n) is 6.62. The van der Waals surface area contributed by atoms with Crippen LogP contribution >= 0.6 is 0 Å². The van der Waals surface area contributed by atoms with Crippen LogP contribution in [0.15, 0.2) is 12.3 Å². The molecule has 0 aromatic carbocycles. The van der Waals surface area contributed by atoms with Gasteiger partial charge in [-0.05, 0) is 57.6 Å². The summed E-state index contributed by atoms with van der Waals surface area (Å²) in [5.41, 5.74) is -0.199. The van der Waals surface area contributed by atoms with Gasteiger partial charge in [0.1, 0.15) is 0 Å². The highest BCUT2D eigenvalue weighted by molar-refractivity contribution is 5.84. The van der Waals surface area contributed by atoms with Crippen molar-refractivity contribution in [2.24, 2.45) is 11.3 Å². The molecule has 1 saturated heterocycles. The Hall–Kier alpha value is -2.36. The van der Waals surface area contributed by atoms with Gasteiger partial charge in [0.2, 0.25) is 5.91 Å². The molecule has 10 heteroatoms. The molecule has 0 bridgehead atoms. The zero-order chi connectivity index (χ0) is 27.1. The van der Waals surface area contributed by atoms with Crippen molar-refractivity contribution in [1.29, 1.82) is 0 Å². The average Bonchev–Trinajstić information content (AvgIpc) is 3.29. The van der Waals surface area contributed by atoms with E-state index in [9.17, 15) is 22.8 Å². The minimum Gasteiger partial charge on any atom is -0.450 e. The SMILES string of the molecule is CCOC(=O)N1C(C)CN([C@@H]2CC[C@@](C(=O)N3CCc4ncc(C(F)(F)F)cc4C3)(C(C)C)C2)CC1C. The van der Waals surface area contributed by atoms with Crippen LogP contribution in [-0.2, 0) is 28.7 Å². The molecule has 37 heavy (non-hydrogen) atoms. The molecular weight excluding hydrogens is 485 g/mol. The Bertz CT molecular complexity index is 1010. The second kappa shape index (κ2) is 10.4. The zero-order valence-electron chi connectivity index (χ0n) is 22.5. The van der Waals surface area contributed by atoms with Crippen molar-refractivity contribution in [2.75, 3.05) is 26.2 Å². The minimum absolute atomic E-state index is 0.00137. The van der Waals surface area contributed by atoms with E-state index < -0.39 is 17.2 Å². The van der Waals surface area contributed by atoms with Gasteiger partial charge in [0.25, 0.3) is 0 Å². The molecule has 2 aliphatic heterocycles. The fraction of sp³-hybridized carbons (Fsp3) is 0.741. The van der Waals surface area contributed by atoms with E-state index in [0.29, 0.717) is 37.3 Å². The van der Waals surface area contributed by atoms with Gasteiger partial charge in [-0.1, -0.05) is 13.8 Å². The summed E-state index contributed by atoms with van der Waals surface area (Å²) in [4.78, 5) is 36.5. The van der Waals surface area contributed by atoms with E-state index in [1.165, 1.54) is 0 Å². The van der Waals surface area contributed by atoms with E-state index in [-0.39, 0.29) is 42.6 Å². The minimum atomic E-state index is -4.46. The number of fused-ring (bicyclic) bond motifs is 1. The van der Waals surface area contributed by atoms with Crippen LogP contribution in [0.1, 0.15) is 70.7 Å². The number of hydrogen-bond donors (Lipinski definition) is 0. The van der Waals surface area contributed by atoms with Gasteiger partial charge in [-0.15, -0.1) is 0 Å². The number of halogens is 3. The molecule has 1 aromatic rings. The van der Waals surface area contributed by atoms with Gasteiger partial charge in [-0.2, -0.15) is 13.2 Å². The second-order valence-electron chi connectivity index (χ2n) is 11.3. The summed E-state index contributed by atoms with van der Waals surface area (Å²) >= 11 is 0. The highest BCUT2D eigenvalue weighted by Gasteiger charge is 2.51. The van der Waals surface area contributed by atoms with Crippen molar-refractivity contribution < 1.29 is 27.5 Å². The summed E-state index contributed by atoms with van der Waals surface area (Å²) in [6.07, 6.45) is -1.05. The van der Waals surface area contributed by atoms with Crippen LogP contribution in [0.3, 0.4) is 0 Å². The van der Waals surface area contributed by atoms with Crippen LogP contribution in [0.25, 0.3) is 0 Å². The van der Waals surface area contributed by atoms with E-state index in [4.69, 9.17) is 4.74 Å². The smallest absolute Gasteiger partial charge is 0.417 e. The van der Waals surface area contributed by atoms with E-state index in [2.05, 4.69) is 23.7 Å². The maximum absolute atomic E-state index is 14.0. The summed E-state index contributed by atoms with van der Waals surface area (Å²) < 4.78 is 45.0. The Morgan fingerprint density at radius 3 is 2.49 bits per heavy atom. The molecule has 1 aromatic heterocycles. The molecule has 1 aliphatic carbocycles. The van der Waals surface area contributed by atoms with E-state index in [1.54, 1.807) is 11.8 Å². The number of carbonyl (C=O) groups excluding carboxylic acids is 2. The topological polar surface area (TPSA) is 66.0 Å². The molecule has 4 atom stereocenters. The molecule has 2 amide bonds. The fourth-order valence-corrected chi connectivity index (χ4v) is 6.62. The third-order valence-corrected chi connectivity index (χ3v) is 8.65. The van der Waals surface area contributed by atoms with Gasteiger partial charge < -0.3 is 14.5 Å². The summed E-state index contributed by atoms with van der Waals surface area (Å²) in [7, 11) is 0. The largest absolute Gasteiger partial charge is 0.450 e. The number of amides is 2. The first-order valence-corrected chi connectivity index (χ1v) is 13.4. The lowest BCUT2D eigenvalue weighted by molar-refractivity contribution is -0.146. The molecule has 0 N–H and O–H groups in total.